The topological polar surface area (TPSA) is 84.2 Å². The Kier molecular flexibility index (Phi) is 3.58. The maximum atomic E-state index is 12.1. The first kappa shape index (κ1) is 14.2. The van der Waals surface area contributed by atoms with E-state index in [1.54, 1.807) is 30.4 Å². The molecule has 114 valence electrons. The highest BCUT2D eigenvalue weighted by Crippen LogP contribution is 2.32. The molecule has 0 fully saturated rings. The summed E-state index contributed by atoms with van der Waals surface area (Å²) < 4.78 is 10.5. The molecule has 2 aromatic rings. The van der Waals surface area contributed by atoms with Gasteiger partial charge in [-0.3, -0.25) is 9.59 Å². The lowest BCUT2D eigenvalue weighted by atomic mass is 10.2. The van der Waals surface area contributed by atoms with Gasteiger partial charge in [0, 0.05) is 0 Å². The second-order valence-electron chi connectivity index (χ2n) is 5.40. The lowest BCUT2D eigenvalue weighted by Crippen LogP contribution is -2.47. The van der Waals surface area contributed by atoms with Gasteiger partial charge >= 0.3 is 0 Å². The van der Waals surface area contributed by atoms with E-state index in [4.69, 9.17) is 9.47 Å². The normalized spacial score (nSPS) is 14.9. The van der Waals surface area contributed by atoms with Gasteiger partial charge in [-0.1, -0.05) is 26.0 Å². The Hall–Kier alpha value is -2.76. The van der Waals surface area contributed by atoms with Crippen molar-refractivity contribution in [1.29, 1.82) is 0 Å². The number of H-pyrrole nitrogens is 2. The zero-order chi connectivity index (χ0) is 15.7. The molecule has 0 saturated heterocycles. The molecular weight excluding hydrogens is 284 g/mol. The Morgan fingerprint density at radius 3 is 2.50 bits per heavy atom. The number of nitrogens with one attached hydrogen (secondary N) is 2. The van der Waals surface area contributed by atoms with Gasteiger partial charge in [-0.25, -0.2) is 0 Å². The smallest absolute Gasteiger partial charge is 0.272 e. The highest BCUT2D eigenvalue weighted by Gasteiger charge is 2.12. The molecule has 0 amide bonds. The fourth-order valence-corrected chi connectivity index (χ4v) is 2.21. The van der Waals surface area contributed by atoms with Crippen LogP contribution in [0, 0.1) is 5.92 Å². The molecule has 1 aromatic heterocycles. The Balaban J connectivity index is 2.11. The summed E-state index contributed by atoms with van der Waals surface area (Å²) in [4.78, 5) is 29.3. The van der Waals surface area contributed by atoms with Crippen LogP contribution in [0.2, 0.25) is 0 Å². The molecule has 1 aliphatic heterocycles. The predicted octanol–water partition coefficient (Wildman–Crippen LogP) is 0.0572. The van der Waals surface area contributed by atoms with Crippen molar-refractivity contribution >= 4 is 12.2 Å². The molecule has 22 heavy (non-hydrogen) atoms. The first-order valence-electron chi connectivity index (χ1n) is 6.99. The summed E-state index contributed by atoms with van der Waals surface area (Å²) in [6.07, 6.45) is 3.31. The van der Waals surface area contributed by atoms with E-state index in [0.29, 0.717) is 11.5 Å². The molecule has 0 aliphatic carbocycles. The third kappa shape index (κ3) is 2.81. The second-order valence-corrected chi connectivity index (χ2v) is 5.40. The summed E-state index contributed by atoms with van der Waals surface area (Å²) in [5.74, 6) is 1.46. The van der Waals surface area contributed by atoms with Crippen molar-refractivity contribution in [3.63, 3.8) is 0 Å². The molecule has 6 nitrogen and oxygen atoms in total. The summed E-state index contributed by atoms with van der Waals surface area (Å²) in [5, 5.41) is 0.479. The molecule has 2 heterocycles. The molecule has 1 aliphatic rings. The number of rotatable bonds is 2. The summed E-state index contributed by atoms with van der Waals surface area (Å²) in [7, 11) is 0. The van der Waals surface area contributed by atoms with Crippen molar-refractivity contribution in [3.05, 3.63) is 55.2 Å². The second kappa shape index (κ2) is 5.55. The highest BCUT2D eigenvalue weighted by molar-refractivity contribution is 5.55. The number of hydrogen-bond acceptors (Lipinski definition) is 4. The summed E-state index contributed by atoms with van der Waals surface area (Å²) >= 11 is 0. The number of benzene rings is 1. The van der Waals surface area contributed by atoms with Crippen LogP contribution in [0.15, 0.2) is 27.8 Å². The Morgan fingerprint density at radius 1 is 1.05 bits per heavy atom. The molecule has 1 aromatic carbocycles. The van der Waals surface area contributed by atoms with Gasteiger partial charge in [0.1, 0.15) is 10.7 Å². The average Bonchev–Trinajstić information content (AvgIpc) is 2.91. The summed E-state index contributed by atoms with van der Waals surface area (Å²) in [6, 6.07) is 5.31. The van der Waals surface area contributed by atoms with E-state index in [0.717, 1.165) is 5.56 Å². The van der Waals surface area contributed by atoms with Crippen LogP contribution in [0.1, 0.15) is 19.4 Å². The zero-order valence-corrected chi connectivity index (χ0v) is 12.3. The van der Waals surface area contributed by atoms with Crippen molar-refractivity contribution in [3.8, 4) is 11.5 Å². The van der Waals surface area contributed by atoms with E-state index >= 15 is 0 Å². The minimum absolute atomic E-state index is 0.167. The van der Waals surface area contributed by atoms with E-state index in [1.165, 1.54) is 0 Å². The lowest BCUT2D eigenvalue weighted by Gasteiger charge is -1.98. The van der Waals surface area contributed by atoms with Crippen LogP contribution in [-0.2, 0) is 0 Å². The van der Waals surface area contributed by atoms with Crippen LogP contribution >= 0.6 is 0 Å². The minimum Gasteiger partial charge on any atom is -0.454 e. The monoisotopic (exact) mass is 300 g/mol. The molecule has 2 N–H and O–H groups in total. The summed E-state index contributed by atoms with van der Waals surface area (Å²) in [6.45, 7) is 4.06. The summed E-state index contributed by atoms with van der Waals surface area (Å²) in [5.41, 5.74) is 0.0791. The van der Waals surface area contributed by atoms with E-state index in [2.05, 4.69) is 9.97 Å². The van der Waals surface area contributed by atoms with Gasteiger partial charge in [0.05, 0.1) is 0 Å². The van der Waals surface area contributed by atoms with Gasteiger partial charge < -0.3 is 19.4 Å². The van der Waals surface area contributed by atoms with Crippen LogP contribution in [0.5, 0.6) is 11.5 Å². The van der Waals surface area contributed by atoms with Crippen molar-refractivity contribution in [2.75, 3.05) is 6.79 Å². The molecule has 0 atom stereocenters. The molecule has 0 spiro atoms. The first-order chi connectivity index (χ1) is 10.5. The lowest BCUT2D eigenvalue weighted by molar-refractivity contribution is 0.174. The fraction of sp³-hybridized carbons (Fsp3) is 0.250. The first-order valence-corrected chi connectivity index (χ1v) is 6.99. The maximum Gasteiger partial charge on any atom is 0.272 e. The number of aromatic amines is 2. The molecule has 3 rings (SSSR count). The van der Waals surface area contributed by atoms with E-state index in [-0.39, 0.29) is 34.5 Å². The number of ether oxygens (including phenoxy) is 2. The Morgan fingerprint density at radius 2 is 1.73 bits per heavy atom. The largest absolute Gasteiger partial charge is 0.454 e. The van der Waals surface area contributed by atoms with Crippen molar-refractivity contribution in [2.45, 2.75) is 13.8 Å². The van der Waals surface area contributed by atoms with Crippen LogP contribution in [0.25, 0.3) is 12.2 Å². The minimum atomic E-state index is -0.343. The van der Waals surface area contributed by atoms with Crippen LogP contribution in [0.3, 0.4) is 0 Å². The third-order valence-electron chi connectivity index (χ3n) is 3.19. The number of aromatic nitrogens is 2. The number of hydrogen-bond donors (Lipinski definition) is 2. The molecule has 0 unspecified atom stereocenters. The molecule has 0 radical (unpaired) electrons. The SMILES string of the molecule is CC(C)C=c1[nH]c(=O)c(=Cc2ccc3c(c2)OCO3)[nH]c1=O. The van der Waals surface area contributed by atoms with E-state index in [9.17, 15) is 9.59 Å². The maximum absolute atomic E-state index is 12.1. The standard InChI is InChI=1S/C16H16N2O4/c1-9(2)5-11-15(19)18-12(16(20)17-11)6-10-3-4-13-14(7-10)22-8-21-13/h3-7,9H,8H2,1-2H3,(H,17,20)(H,18,19). The molecular formula is C16H16N2O4. The number of fused-ring (bicyclic) bond motifs is 1. The van der Waals surface area contributed by atoms with Crippen LogP contribution in [-0.4, -0.2) is 16.8 Å². The van der Waals surface area contributed by atoms with Gasteiger partial charge in [0.2, 0.25) is 6.79 Å². The molecule has 0 bridgehead atoms. The third-order valence-corrected chi connectivity index (χ3v) is 3.19. The van der Waals surface area contributed by atoms with Crippen LogP contribution < -0.4 is 31.3 Å². The quantitative estimate of drug-likeness (QED) is 0.821. The van der Waals surface area contributed by atoms with Gasteiger partial charge in [-0.15, -0.1) is 0 Å². The van der Waals surface area contributed by atoms with Gasteiger partial charge in [-0.05, 0) is 29.7 Å². The van der Waals surface area contributed by atoms with Crippen molar-refractivity contribution in [1.82, 2.24) is 9.97 Å². The van der Waals surface area contributed by atoms with Crippen molar-refractivity contribution < 1.29 is 9.47 Å². The predicted molar refractivity (Wildman–Crippen MR) is 82.4 cm³/mol. The van der Waals surface area contributed by atoms with E-state index in [1.807, 2.05) is 13.8 Å². The Labute approximate surface area is 125 Å². The van der Waals surface area contributed by atoms with Crippen molar-refractivity contribution in [2.24, 2.45) is 5.92 Å². The Bertz CT molecular complexity index is 938. The zero-order valence-electron chi connectivity index (χ0n) is 12.3. The average molecular weight is 300 g/mol. The van der Waals surface area contributed by atoms with E-state index < -0.39 is 0 Å². The van der Waals surface area contributed by atoms with Gasteiger partial charge in [-0.2, -0.15) is 0 Å². The molecule has 0 saturated carbocycles. The molecule has 6 heteroatoms. The fourth-order valence-electron chi connectivity index (χ4n) is 2.21. The van der Waals surface area contributed by atoms with Crippen LogP contribution in [0.4, 0.5) is 0 Å². The highest BCUT2D eigenvalue weighted by atomic mass is 16.7. The van der Waals surface area contributed by atoms with Gasteiger partial charge in [0.25, 0.3) is 11.1 Å². The van der Waals surface area contributed by atoms with Gasteiger partial charge in [0.15, 0.2) is 11.5 Å².